The number of H-pyrrole nitrogens is 1. The van der Waals surface area contributed by atoms with E-state index in [4.69, 9.17) is 5.73 Å². The van der Waals surface area contributed by atoms with Gasteiger partial charge >= 0.3 is 0 Å². The summed E-state index contributed by atoms with van der Waals surface area (Å²) >= 11 is 0. The van der Waals surface area contributed by atoms with Crippen LogP contribution in [0.1, 0.15) is 6.92 Å². The fourth-order valence-electron chi connectivity index (χ4n) is 0.702. The van der Waals surface area contributed by atoms with Crippen molar-refractivity contribution in [1.82, 2.24) is 9.97 Å². The molecule has 0 fully saturated rings. The Balaban J connectivity index is 3.01. The molecule has 0 bridgehead atoms. The predicted octanol–water partition coefficient (Wildman–Crippen LogP) is -0.690. The van der Waals surface area contributed by atoms with Gasteiger partial charge in [0.2, 0.25) is 11.9 Å². The molecule has 4 N–H and O–H groups in total. The summed E-state index contributed by atoms with van der Waals surface area (Å²) in [6.07, 6.45) is 0. The Morgan fingerprint density at radius 3 is 2.92 bits per heavy atom. The van der Waals surface area contributed by atoms with E-state index in [1.165, 1.54) is 6.92 Å². The molecule has 0 aliphatic rings. The molecule has 1 rings (SSSR count). The number of nitrogen functional groups attached to an aromatic ring is 1. The zero-order chi connectivity index (χ0) is 9.14. The number of nitrogens with two attached hydrogens (primary N) is 1. The molecule has 0 aromatic carbocycles. The second-order valence-electron chi connectivity index (χ2n) is 2.20. The summed E-state index contributed by atoms with van der Waals surface area (Å²) in [6, 6.07) is 1.13. The summed E-state index contributed by atoms with van der Waals surface area (Å²) in [6.45, 7) is 1.31. The molecule has 1 amide bonds. The van der Waals surface area contributed by atoms with Crippen LogP contribution in [-0.4, -0.2) is 15.9 Å². The van der Waals surface area contributed by atoms with Gasteiger partial charge in [-0.3, -0.25) is 19.9 Å². The first-order valence-electron chi connectivity index (χ1n) is 3.22. The summed E-state index contributed by atoms with van der Waals surface area (Å²) in [5.74, 6) is -0.182. The van der Waals surface area contributed by atoms with Crippen LogP contribution in [0, 0.1) is 0 Å². The molecule has 0 saturated heterocycles. The molecular weight excluding hydrogens is 160 g/mol. The van der Waals surface area contributed by atoms with Gasteiger partial charge in [-0.05, 0) is 0 Å². The third kappa shape index (κ3) is 2.08. The molecule has 0 atom stereocenters. The van der Waals surface area contributed by atoms with Crippen LogP contribution in [0.15, 0.2) is 10.9 Å². The van der Waals surface area contributed by atoms with Gasteiger partial charge in [0.25, 0.3) is 5.56 Å². The average molecular weight is 168 g/mol. The first kappa shape index (κ1) is 8.25. The Kier molecular flexibility index (Phi) is 2.09. The predicted molar refractivity (Wildman–Crippen MR) is 43.6 cm³/mol. The van der Waals surface area contributed by atoms with E-state index in [0.717, 1.165) is 6.07 Å². The topological polar surface area (TPSA) is 101 Å². The highest BCUT2D eigenvalue weighted by molar-refractivity contribution is 5.86. The highest BCUT2D eigenvalue weighted by Gasteiger charge is 1.98. The van der Waals surface area contributed by atoms with E-state index in [0.29, 0.717) is 0 Å². The molecule has 0 aliphatic heterocycles. The van der Waals surface area contributed by atoms with E-state index in [-0.39, 0.29) is 17.7 Å². The third-order valence-electron chi connectivity index (χ3n) is 1.06. The molecule has 6 nitrogen and oxygen atoms in total. The van der Waals surface area contributed by atoms with Gasteiger partial charge in [-0.25, -0.2) is 0 Å². The van der Waals surface area contributed by atoms with Crippen LogP contribution in [0.5, 0.6) is 0 Å². The lowest BCUT2D eigenvalue weighted by atomic mass is 10.6. The quantitative estimate of drug-likeness (QED) is 0.516. The maximum atomic E-state index is 10.8. The number of nitrogens with zero attached hydrogens (tertiary/aromatic N) is 1. The molecule has 0 unspecified atom stereocenters. The Hall–Kier alpha value is -1.85. The van der Waals surface area contributed by atoms with E-state index in [9.17, 15) is 9.59 Å². The lowest BCUT2D eigenvalue weighted by Crippen LogP contribution is -2.16. The van der Waals surface area contributed by atoms with Crippen LogP contribution in [0.2, 0.25) is 0 Å². The molecule has 0 aliphatic carbocycles. The van der Waals surface area contributed by atoms with Gasteiger partial charge in [0.05, 0.1) is 0 Å². The maximum absolute atomic E-state index is 10.8. The number of aromatic nitrogens is 2. The van der Waals surface area contributed by atoms with Gasteiger partial charge in [-0.1, -0.05) is 0 Å². The fourth-order valence-corrected chi connectivity index (χ4v) is 0.702. The van der Waals surface area contributed by atoms with Crippen molar-refractivity contribution in [2.45, 2.75) is 6.92 Å². The first-order valence-corrected chi connectivity index (χ1v) is 3.22. The van der Waals surface area contributed by atoms with Crippen LogP contribution in [-0.2, 0) is 4.79 Å². The molecule has 1 aromatic rings. The van der Waals surface area contributed by atoms with Crippen molar-refractivity contribution in [2.24, 2.45) is 0 Å². The molecule has 12 heavy (non-hydrogen) atoms. The Morgan fingerprint density at radius 2 is 2.42 bits per heavy atom. The Bertz CT molecular complexity index is 357. The number of amides is 1. The summed E-state index contributed by atoms with van der Waals surface area (Å²) in [5, 5.41) is 2.30. The minimum atomic E-state index is -0.397. The van der Waals surface area contributed by atoms with Gasteiger partial charge in [-0.2, -0.15) is 4.98 Å². The molecular formula is C6H8N4O2. The second-order valence-corrected chi connectivity index (χ2v) is 2.20. The van der Waals surface area contributed by atoms with Gasteiger partial charge in [0, 0.05) is 13.0 Å². The lowest BCUT2D eigenvalue weighted by Gasteiger charge is -1.99. The molecule has 0 radical (unpaired) electrons. The standard InChI is InChI=1S/C6H8N4O2/c1-3(11)8-6-9-4(7)2-5(12)10-6/h2H,1H3,(H4,7,8,9,10,11,12). The van der Waals surface area contributed by atoms with Crippen molar-refractivity contribution < 1.29 is 4.79 Å². The van der Waals surface area contributed by atoms with Crippen LogP contribution in [0.3, 0.4) is 0 Å². The van der Waals surface area contributed by atoms with Crippen molar-refractivity contribution in [2.75, 3.05) is 11.1 Å². The van der Waals surface area contributed by atoms with Crippen LogP contribution >= 0.6 is 0 Å². The van der Waals surface area contributed by atoms with Gasteiger partial charge in [0.15, 0.2) is 0 Å². The smallest absolute Gasteiger partial charge is 0.254 e. The highest BCUT2D eigenvalue weighted by atomic mass is 16.1. The first-order chi connectivity index (χ1) is 5.58. The largest absolute Gasteiger partial charge is 0.383 e. The monoisotopic (exact) mass is 168 g/mol. The summed E-state index contributed by atoms with van der Waals surface area (Å²) in [4.78, 5) is 27.3. The minimum Gasteiger partial charge on any atom is -0.383 e. The highest BCUT2D eigenvalue weighted by Crippen LogP contribution is 1.96. The molecule has 6 heteroatoms. The number of hydrogen-bond acceptors (Lipinski definition) is 4. The van der Waals surface area contributed by atoms with Crippen molar-refractivity contribution in [3.8, 4) is 0 Å². The van der Waals surface area contributed by atoms with Crippen molar-refractivity contribution in [3.05, 3.63) is 16.4 Å². The Labute approximate surface area is 67.8 Å². The molecule has 64 valence electrons. The number of anilines is 2. The normalized spacial score (nSPS) is 9.42. The zero-order valence-electron chi connectivity index (χ0n) is 6.42. The molecule has 0 saturated carbocycles. The summed E-state index contributed by atoms with van der Waals surface area (Å²) in [7, 11) is 0. The van der Waals surface area contributed by atoms with E-state index >= 15 is 0 Å². The van der Waals surface area contributed by atoms with Crippen LogP contribution in [0.25, 0.3) is 0 Å². The second kappa shape index (κ2) is 3.04. The average Bonchev–Trinajstić information content (AvgIpc) is 1.81. The van der Waals surface area contributed by atoms with Crippen molar-refractivity contribution in [3.63, 3.8) is 0 Å². The van der Waals surface area contributed by atoms with E-state index in [1.807, 2.05) is 0 Å². The van der Waals surface area contributed by atoms with E-state index in [2.05, 4.69) is 15.3 Å². The summed E-state index contributed by atoms with van der Waals surface area (Å²) in [5.41, 5.74) is 4.86. The minimum absolute atomic E-state index is 0.0625. The van der Waals surface area contributed by atoms with E-state index in [1.54, 1.807) is 0 Å². The summed E-state index contributed by atoms with van der Waals surface area (Å²) < 4.78 is 0. The fraction of sp³-hybridized carbons (Fsp3) is 0.167. The number of rotatable bonds is 1. The van der Waals surface area contributed by atoms with Gasteiger partial charge in [0.1, 0.15) is 5.82 Å². The SMILES string of the molecule is CC(=O)Nc1nc(N)cc(=O)[nH]1. The number of carbonyl (C=O) groups is 1. The van der Waals surface area contributed by atoms with Crippen molar-refractivity contribution in [1.29, 1.82) is 0 Å². The third-order valence-corrected chi connectivity index (χ3v) is 1.06. The van der Waals surface area contributed by atoms with E-state index < -0.39 is 5.56 Å². The number of hydrogen-bond donors (Lipinski definition) is 3. The van der Waals surface area contributed by atoms with Gasteiger partial charge < -0.3 is 5.73 Å². The Morgan fingerprint density at radius 1 is 1.75 bits per heavy atom. The number of carbonyl (C=O) groups excluding carboxylic acids is 1. The maximum Gasteiger partial charge on any atom is 0.254 e. The number of nitrogens with one attached hydrogen (secondary N) is 2. The van der Waals surface area contributed by atoms with Crippen LogP contribution < -0.4 is 16.6 Å². The molecule has 1 heterocycles. The van der Waals surface area contributed by atoms with Gasteiger partial charge in [-0.15, -0.1) is 0 Å². The molecule has 1 aromatic heterocycles. The lowest BCUT2D eigenvalue weighted by molar-refractivity contribution is -0.114. The van der Waals surface area contributed by atoms with Crippen molar-refractivity contribution >= 4 is 17.7 Å². The zero-order valence-corrected chi connectivity index (χ0v) is 6.42. The molecule has 0 spiro atoms. The van der Waals surface area contributed by atoms with Crippen LogP contribution in [0.4, 0.5) is 11.8 Å². The number of aromatic amines is 1.